The molecule has 0 unspecified atom stereocenters. The second-order valence-electron chi connectivity index (χ2n) is 4.22. The number of hydroxylamine groups is 2. The Morgan fingerprint density at radius 1 is 1.16 bits per heavy atom. The van der Waals surface area contributed by atoms with E-state index >= 15 is 0 Å². The normalized spacial score (nSPS) is 12.7. The van der Waals surface area contributed by atoms with Crippen molar-refractivity contribution in [2.75, 3.05) is 5.75 Å². The molecule has 6 nitrogen and oxygen atoms in total. The molecule has 1 aromatic rings. The number of carbonyl (C=O) groups excluding carboxylic acids is 3. The van der Waals surface area contributed by atoms with Gasteiger partial charge in [-0.2, -0.15) is 0 Å². The smallest absolute Gasteiger partial charge is 0.330 e. The summed E-state index contributed by atoms with van der Waals surface area (Å²) in [7, 11) is 3.13. The highest BCUT2D eigenvalue weighted by Gasteiger charge is 2.32. The van der Waals surface area contributed by atoms with Gasteiger partial charge in [-0.3, -0.25) is 9.59 Å². The van der Waals surface area contributed by atoms with E-state index < -0.39 is 17.8 Å². The van der Waals surface area contributed by atoms with Crippen molar-refractivity contribution >= 4 is 39.4 Å². The Kier molecular flexibility index (Phi) is 13.9. The minimum Gasteiger partial charge on any atom is -0.330 e. The van der Waals surface area contributed by atoms with Crippen LogP contribution >= 0.6 is 21.6 Å². The van der Waals surface area contributed by atoms with E-state index in [9.17, 15) is 14.4 Å². The van der Waals surface area contributed by atoms with Crippen LogP contribution in [0.5, 0.6) is 0 Å². The molecule has 2 amide bonds. The molecule has 140 valence electrons. The molecule has 0 N–H and O–H groups in total. The molecule has 1 aromatic heterocycles. The molecule has 1 saturated heterocycles. The van der Waals surface area contributed by atoms with Crippen molar-refractivity contribution in [1.82, 2.24) is 10.0 Å². The van der Waals surface area contributed by atoms with E-state index in [1.807, 2.05) is 45.9 Å². The fourth-order valence-corrected chi connectivity index (χ4v) is 3.55. The Morgan fingerprint density at radius 2 is 1.80 bits per heavy atom. The first-order chi connectivity index (χ1) is 12.2. The van der Waals surface area contributed by atoms with E-state index in [2.05, 4.69) is 4.98 Å². The molecular formula is C17H26N2O4S2. The van der Waals surface area contributed by atoms with Crippen molar-refractivity contribution in [3.8, 4) is 0 Å². The summed E-state index contributed by atoms with van der Waals surface area (Å²) < 4.78 is 0. The maximum absolute atomic E-state index is 11.5. The van der Waals surface area contributed by atoms with Crippen molar-refractivity contribution in [2.45, 2.75) is 58.4 Å². The van der Waals surface area contributed by atoms with Gasteiger partial charge < -0.3 is 4.84 Å². The lowest BCUT2D eigenvalue weighted by Gasteiger charge is -2.12. The van der Waals surface area contributed by atoms with Crippen molar-refractivity contribution in [3.05, 3.63) is 24.4 Å². The predicted molar refractivity (Wildman–Crippen MR) is 102 cm³/mol. The van der Waals surface area contributed by atoms with Crippen LogP contribution in [0, 0.1) is 0 Å². The van der Waals surface area contributed by atoms with Crippen molar-refractivity contribution in [2.24, 2.45) is 0 Å². The van der Waals surface area contributed by atoms with E-state index in [1.165, 1.54) is 0 Å². The lowest BCUT2D eigenvalue weighted by molar-refractivity contribution is -0.197. The lowest BCUT2D eigenvalue weighted by Crippen LogP contribution is -2.31. The summed E-state index contributed by atoms with van der Waals surface area (Å²) in [5, 5.41) is 1.50. The first-order valence-corrected chi connectivity index (χ1v) is 10.8. The summed E-state index contributed by atoms with van der Waals surface area (Å²) in [6.07, 6.45) is 2.74. The maximum Gasteiger partial charge on any atom is 0.333 e. The molecule has 0 bridgehead atoms. The highest BCUT2D eigenvalue weighted by molar-refractivity contribution is 8.76. The average molecular weight is 387 g/mol. The molecular weight excluding hydrogens is 360 g/mol. The van der Waals surface area contributed by atoms with Gasteiger partial charge in [-0.05, 0) is 29.3 Å². The zero-order valence-corrected chi connectivity index (χ0v) is 16.8. The van der Waals surface area contributed by atoms with Crippen LogP contribution in [0.4, 0.5) is 0 Å². The number of imide groups is 1. The van der Waals surface area contributed by atoms with Crippen molar-refractivity contribution < 1.29 is 19.2 Å². The molecule has 25 heavy (non-hydrogen) atoms. The summed E-state index contributed by atoms with van der Waals surface area (Å²) in [4.78, 5) is 43.0. The topological polar surface area (TPSA) is 76.6 Å². The number of aromatic nitrogens is 1. The molecule has 1 fully saturated rings. The number of rotatable bonds is 7. The first-order valence-electron chi connectivity index (χ1n) is 8.44. The molecule has 2 rings (SSSR count). The zero-order chi connectivity index (χ0) is 19.1. The summed E-state index contributed by atoms with van der Waals surface area (Å²) in [5.74, 6) is -0.706. The number of amides is 2. The van der Waals surface area contributed by atoms with Crippen molar-refractivity contribution in [3.63, 3.8) is 0 Å². The van der Waals surface area contributed by atoms with Gasteiger partial charge in [0.05, 0.1) is 0 Å². The van der Waals surface area contributed by atoms with Crippen LogP contribution in [-0.2, 0) is 19.2 Å². The molecule has 0 atom stereocenters. The summed E-state index contributed by atoms with van der Waals surface area (Å²) >= 11 is 0. The highest BCUT2D eigenvalue weighted by atomic mass is 33.1. The SMILES string of the molecule is CC.CC.O=C(CCCSSc1ccccn1)ON1C(=O)CCC1=O. The minimum absolute atomic E-state index is 0.114. The fourth-order valence-electron chi connectivity index (χ4n) is 1.58. The number of carbonyl (C=O) groups is 3. The molecule has 0 radical (unpaired) electrons. The standard InChI is InChI=1S/C13H14N2O4S2.2C2H6/c16-11-6-7-12(17)15(11)19-13(18)5-3-9-20-21-10-4-1-2-8-14-10;2*1-2/h1-2,4,8H,3,5-7,9H2;2*1-2H3. The quantitative estimate of drug-likeness (QED) is 0.393. The van der Waals surface area contributed by atoms with Gasteiger partial charge in [0.1, 0.15) is 5.03 Å². The molecule has 1 aliphatic rings. The molecule has 0 aliphatic carbocycles. The van der Waals surface area contributed by atoms with Gasteiger partial charge in [0, 0.05) is 31.2 Å². The van der Waals surface area contributed by atoms with Crippen LogP contribution in [0.15, 0.2) is 29.4 Å². The van der Waals surface area contributed by atoms with E-state index in [-0.39, 0.29) is 19.3 Å². The third-order valence-electron chi connectivity index (χ3n) is 2.59. The van der Waals surface area contributed by atoms with E-state index in [0.717, 1.165) is 10.8 Å². The van der Waals surface area contributed by atoms with Crippen LogP contribution < -0.4 is 0 Å². The van der Waals surface area contributed by atoms with Gasteiger partial charge in [0.2, 0.25) is 0 Å². The van der Waals surface area contributed by atoms with Gasteiger partial charge in [-0.15, -0.1) is 5.06 Å². The van der Waals surface area contributed by atoms with E-state index in [0.29, 0.717) is 11.5 Å². The fraction of sp³-hybridized carbons (Fsp3) is 0.529. The Morgan fingerprint density at radius 3 is 2.36 bits per heavy atom. The average Bonchev–Trinajstić information content (AvgIpc) is 2.97. The van der Waals surface area contributed by atoms with Crippen LogP contribution in [0.1, 0.15) is 53.4 Å². The Balaban J connectivity index is 0.00000134. The predicted octanol–water partition coefficient (Wildman–Crippen LogP) is 4.26. The van der Waals surface area contributed by atoms with Gasteiger partial charge in [-0.25, -0.2) is 9.78 Å². The van der Waals surface area contributed by atoms with Gasteiger partial charge >= 0.3 is 5.97 Å². The summed E-state index contributed by atoms with van der Waals surface area (Å²) in [6, 6.07) is 5.68. The number of nitrogens with zero attached hydrogens (tertiary/aromatic N) is 2. The van der Waals surface area contributed by atoms with E-state index in [4.69, 9.17) is 4.84 Å². The largest absolute Gasteiger partial charge is 0.333 e. The molecule has 0 saturated carbocycles. The van der Waals surface area contributed by atoms with Gasteiger partial charge in [0.15, 0.2) is 0 Å². The van der Waals surface area contributed by atoms with Gasteiger partial charge in [-0.1, -0.05) is 44.6 Å². The summed E-state index contributed by atoms with van der Waals surface area (Å²) in [5.41, 5.74) is 0. The van der Waals surface area contributed by atoms with Gasteiger partial charge in [0.25, 0.3) is 11.8 Å². The molecule has 2 heterocycles. The Hall–Kier alpha value is -1.54. The number of pyridine rings is 1. The summed E-state index contributed by atoms with van der Waals surface area (Å²) in [6.45, 7) is 8.00. The molecule has 0 spiro atoms. The van der Waals surface area contributed by atoms with Crippen LogP contribution in [0.25, 0.3) is 0 Å². The van der Waals surface area contributed by atoms with Crippen LogP contribution in [0.3, 0.4) is 0 Å². The minimum atomic E-state index is -0.554. The lowest BCUT2D eigenvalue weighted by atomic mass is 10.3. The highest BCUT2D eigenvalue weighted by Crippen LogP contribution is 2.29. The third kappa shape index (κ3) is 9.50. The maximum atomic E-state index is 11.5. The second kappa shape index (κ2) is 14.8. The Bertz CT molecular complexity index is 511. The first kappa shape index (κ1) is 23.5. The molecule has 8 heteroatoms. The van der Waals surface area contributed by atoms with Crippen LogP contribution in [-0.4, -0.2) is 33.6 Å². The Labute approximate surface area is 157 Å². The van der Waals surface area contributed by atoms with E-state index in [1.54, 1.807) is 27.8 Å². The molecule has 0 aromatic carbocycles. The van der Waals surface area contributed by atoms with Crippen LogP contribution in [0.2, 0.25) is 0 Å². The van der Waals surface area contributed by atoms with Crippen molar-refractivity contribution in [1.29, 1.82) is 0 Å². The zero-order valence-electron chi connectivity index (χ0n) is 15.2. The monoisotopic (exact) mass is 386 g/mol. The number of hydrogen-bond acceptors (Lipinski definition) is 7. The third-order valence-corrected chi connectivity index (χ3v) is 4.94. The number of hydrogen-bond donors (Lipinski definition) is 0. The molecule has 1 aliphatic heterocycles. The second-order valence-corrected chi connectivity index (χ2v) is 6.66.